The Morgan fingerprint density at radius 3 is 2.35 bits per heavy atom. The van der Waals surface area contributed by atoms with Crippen molar-refractivity contribution in [2.45, 2.75) is 17.7 Å². The number of hydrogen-bond donors (Lipinski definition) is 3. The summed E-state index contributed by atoms with van der Waals surface area (Å²) in [5.41, 5.74) is 1.13. The van der Waals surface area contributed by atoms with E-state index in [1.54, 1.807) is 42.5 Å². The molecule has 0 aliphatic carbocycles. The Balaban J connectivity index is 1.77. The Labute approximate surface area is 149 Å². The number of rotatable bonds is 6. The van der Waals surface area contributed by atoms with Gasteiger partial charge in [0.25, 0.3) is 10.0 Å². The van der Waals surface area contributed by atoms with Crippen LogP contribution < -0.4 is 4.72 Å². The normalized spacial score (nSPS) is 11.4. The SMILES string of the molecule is O=C(CCc1c(C(=O)O)[nH]c2ccccc12)NS(=O)(=O)c1ccccc1. The minimum atomic E-state index is -3.94. The zero-order valence-electron chi connectivity index (χ0n) is 13.6. The smallest absolute Gasteiger partial charge is 0.352 e. The zero-order valence-corrected chi connectivity index (χ0v) is 14.4. The number of aromatic carboxylic acids is 1. The van der Waals surface area contributed by atoms with Crippen molar-refractivity contribution in [3.8, 4) is 0 Å². The molecule has 0 saturated heterocycles. The summed E-state index contributed by atoms with van der Waals surface area (Å²) in [4.78, 5) is 26.3. The standard InChI is InChI=1S/C18H16N2O5S/c21-16(20-26(24,25)12-6-2-1-3-7-12)11-10-14-13-8-4-5-9-15(13)19-17(14)18(22)23/h1-9,19H,10-11H2,(H,20,21)(H,22,23). The van der Waals surface area contributed by atoms with Crippen LogP contribution in [0.5, 0.6) is 0 Å². The van der Waals surface area contributed by atoms with Crippen LogP contribution in [0.1, 0.15) is 22.5 Å². The van der Waals surface area contributed by atoms with Crippen LogP contribution in [0.15, 0.2) is 59.5 Å². The van der Waals surface area contributed by atoms with Crippen LogP contribution >= 0.6 is 0 Å². The van der Waals surface area contributed by atoms with Crippen LogP contribution in [0.3, 0.4) is 0 Å². The van der Waals surface area contributed by atoms with Crippen LogP contribution in [0.25, 0.3) is 10.9 Å². The fourth-order valence-electron chi connectivity index (χ4n) is 2.74. The molecular weight excluding hydrogens is 356 g/mol. The molecule has 0 atom stereocenters. The van der Waals surface area contributed by atoms with E-state index in [0.717, 1.165) is 0 Å². The number of carbonyl (C=O) groups is 2. The number of H-pyrrole nitrogens is 1. The van der Waals surface area contributed by atoms with Crippen molar-refractivity contribution in [3.63, 3.8) is 0 Å². The maximum Gasteiger partial charge on any atom is 0.352 e. The minimum absolute atomic E-state index is 0.00455. The molecule has 8 heteroatoms. The van der Waals surface area contributed by atoms with Gasteiger partial charge in [-0.15, -0.1) is 0 Å². The molecule has 0 bridgehead atoms. The van der Waals surface area contributed by atoms with Crippen molar-refractivity contribution < 1.29 is 23.1 Å². The monoisotopic (exact) mass is 372 g/mol. The molecule has 1 aromatic heterocycles. The van der Waals surface area contributed by atoms with Crippen molar-refractivity contribution in [1.29, 1.82) is 0 Å². The molecule has 134 valence electrons. The van der Waals surface area contributed by atoms with Gasteiger partial charge >= 0.3 is 5.97 Å². The van der Waals surface area contributed by atoms with Gasteiger partial charge in [-0.2, -0.15) is 0 Å². The topological polar surface area (TPSA) is 116 Å². The fraction of sp³-hybridized carbons (Fsp3) is 0.111. The van der Waals surface area contributed by atoms with E-state index >= 15 is 0 Å². The highest BCUT2D eigenvalue weighted by Gasteiger charge is 2.20. The Hall–Kier alpha value is -3.13. The maximum absolute atomic E-state index is 12.2. The second-order valence-corrected chi connectivity index (χ2v) is 7.35. The summed E-state index contributed by atoms with van der Waals surface area (Å²) in [6.45, 7) is 0. The Kier molecular flexibility index (Phi) is 4.77. The number of sulfonamides is 1. The molecule has 1 heterocycles. The van der Waals surface area contributed by atoms with Crippen molar-refractivity contribution in [2.75, 3.05) is 0 Å². The number of carbonyl (C=O) groups excluding carboxylic acids is 1. The number of hydrogen-bond acceptors (Lipinski definition) is 4. The lowest BCUT2D eigenvalue weighted by Crippen LogP contribution is -2.30. The number of benzene rings is 2. The lowest BCUT2D eigenvalue weighted by atomic mass is 10.1. The van der Waals surface area contributed by atoms with Crippen molar-refractivity contribution in [3.05, 3.63) is 65.9 Å². The van der Waals surface area contributed by atoms with Gasteiger partial charge in [-0.25, -0.2) is 17.9 Å². The average Bonchev–Trinajstić information content (AvgIpc) is 2.99. The molecule has 0 aliphatic heterocycles. The lowest BCUT2D eigenvalue weighted by Gasteiger charge is -2.07. The summed E-state index contributed by atoms with van der Waals surface area (Å²) >= 11 is 0. The molecule has 1 amide bonds. The van der Waals surface area contributed by atoms with Crippen LogP contribution in [0.2, 0.25) is 0 Å². The summed E-state index contributed by atoms with van der Waals surface area (Å²) < 4.78 is 26.3. The van der Waals surface area contributed by atoms with Crippen LogP contribution in [-0.4, -0.2) is 30.4 Å². The van der Waals surface area contributed by atoms with Gasteiger partial charge in [0, 0.05) is 17.3 Å². The molecule has 0 spiro atoms. The summed E-state index contributed by atoms with van der Waals surface area (Å²) in [5.74, 6) is -1.83. The molecule has 2 aromatic carbocycles. The molecule has 0 saturated carbocycles. The first-order valence-corrected chi connectivity index (χ1v) is 9.30. The third kappa shape index (κ3) is 3.60. The van der Waals surface area contributed by atoms with Crippen LogP contribution in [-0.2, 0) is 21.2 Å². The van der Waals surface area contributed by atoms with E-state index in [0.29, 0.717) is 16.5 Å². The summed E-state index contributed by atoms with van der Waals surface area (Å²) in [5, 5.41) is 10.0. The second kappa shape index (κ2) is 7.01. The highest BCUT2D eigenvalue weighted by Crippen LogP contribution is 2.24. The van der Waals surface area contributed by atoms with Crippen molar-refractivity contribution >= 4 is 32.8 Å². The summed E-state index contributed by atoms with van der Waals surface area (Å²) in [7, 11) is -3.94. The molecule has 3 aromatic rings. The quantitative estimate of drug-likeness (QED) is 0.614. The molecule has 0 radical (unpaired) electrons. The van der Waals surface area contributed by atoms with Gasteiger partial charge in [0.15, 0.2) is 0 Å². The Morgan fingerprint density at radius 2 is 1.65 bits per heavy atom. The van der Waals surface area contributed by atoms with Gasteiger partial charge in [0.1, 0.15) is 5.69 Å². The average molecular weight is 372 g/mol. The Bertz CT molecular complexity index is 1070. The van der Waals surface area contributed by atoms with Crippen molar-refractivity contribution in [2.24, 2.45) is 0 Å². The number of fused-ring (bicyclic) bond motifs is 1. The highest BCUT2D eigenvalue weighted by atomic mass is 32.2. The first-order valence-electron chi connectivity index (χ1n) is 7.82. The predicted octanol–water partition coefficient (Wildman–Crippen LogP) is 2.30. The third-order valence-corrected chi connectivity index (χ3v) is 5.32. The minimum Gasteiger partial charge on any atom is -0.477 e. The number of aromatic nitrogens is 1. The third-order valence-electron chi connectivity index (χ3n) is 3.93. The van der Waals surface area contributed by atoms with Gasteiger partial charge in [0.05, 0.1) is 4.90 Å². The van der Waals surface area contributed by atoms with E-state index in [2.05, 4.69) is 4.98 Å². The van der Waals surface area contributed by atoms with Crippen LogP contribution in [0, 0.1) is 0 Å². The molecule has 3 rings (SSSR count). The number of aryl methyl sites for hydroxylation is 1. The fourth-order valence-corrected chi connectivity index (χ4v) is 3.78. The number of aromatic amines is 1. The number of amides is 1. The van der Waals surface area contributed by atoms with Gasteiger partial charge in [0.2, 0.25) is 5.91 Å². The number of carboxylic acid groups (broad SMARTS) is 1. The number of nitrogens with one attached hydrogen (secondary N) is 2. The van der Waals surface area contributed by atoms with E-state index in [4.69, 9.17) is 0 Å². The molecule has 3 N–H and O–H groups in total. The van der Waals surface area contributed by atoms with Gasteiger partial charge in [-0.3, -0.25) is 4.79 Å². The van der Waals surface area contributed by atoms with Gasteiger partial charge in [-0.05, 0) is 30.2 Å². The summed E-state index contributed by atoms with van der Waals surface area (Å²) in [6.07, 6.45) is -0.0595. The second-order valence-electron chi connectivity index (χ2n) is 5.67. The van der Waals surface area contributed by atoms with Gasteiger partial charge in [-0.1, -0.05) is 36.4 Å². The maximum atomic E-state index is 12.2. The lowest BCUT2D eigenvalue weighted by molar-refractivity contribution is -0.119. The first-order chi connectivity index (χ1) is 12.4. The molecule has 7 nitrogen and oxygen atoms in total. The molecular formula is C18H16N2O5S. The van der Waals surface area contributed by atoms with E-state index in [1.165, 1.54) is 12.1 Å². The highest BCUT2D eigenvalue weighted by molar-refractivity contribution is 7.90. The first kappa shape index (κ1) is 17.7. The molecule has 0 aliphatic rings. The zero-order chi connectivity index (χ0) is 18.7. The Morgan fingerprint density at radius 1 is 1.00 bits per heavy atom. The predicted molar refractivity (Wildman–Crippen MR) is 95.3 cm³/mol. The van der Waals surface area contributed by atoms with E-state index < -0.39 is 21.9 Å². The van der Waals surface area contributed by atoms with E-state index in [-0.39, 0.29) is 23.4 Å². The number of carboxylic acids is 1. The van der Waals surface area contributed by atoms with Gasteiger partial charge < -0.3 is 10.1 Å². The largest absolute Gasteiger partial charge is 0.477 e. The molecule has 0 unspecified atom stereocenters. The summed E-state index contributed by atoms with van der Waals surface area (Å²) in [6, 6.07) is 14.6. The number of para-hydroxylation sites is 1. The van der Waals surface area contributed by atoms with Crippen molar-refractivity contribution in [1.82, 2.24) is 9.71 Å². The van der Waals surface area contributed by atoms with E-state index in [9.17, 15) is 23.1 Å². The van der Waals surface area contributed by atoms with E-state index in [1.807, 2.05) is 4.72 Å². The molecule has 0 fully saturated rings. The molecule has 26 heavy (non-hydrogen) atoms. The van der Waals surface area contributed by atoms with Crippen LogP contribution in [0.4, 0.5) is 0 Å².